The Labute approximate surface area is 121 Å². The van der Waals surface area contributed by atoms with Crippen LogP contribution in [0.1, 0.15) is 5.69 Å². The minimum Gasteiger partial charge on any atom is -0.377 e. The van der Waals surface area contributed by atoms with E-state index in [4.69, 9.17) is 0 Å². The van der Waals surface area contributed by atoms with Crippen molar-refractivity contribution in [1.29, 1.82) is 0 Å². The summed E-state index contributed by atoms with van der Waals surface area (Å²) in [6.45, 7) is 0.317. The van der Waals surface area contributed by atoms with Crippen molar-refractivity contribution in [1.82, 2.24) is 14.4 Å². The number of nitrogens with zero attached hydrogens (tertiary/aromatic N) is 3. The molecule has 7 heteroatoms. The van der Waals surface area contributed by atoms with Crippen molar-refractivity contribution in [2.75, 3.05) is 5.32 Å². The molecule has 2 aromatic heterocycles. The first kappa shape index (κ1) is 13.0. The third-order valence-electron chi connectivity index (χ3n) is 2.83. The fourth-order valence-electron chi connectivity index (χ4n) is 1.87. The van der Waals surface area contributed by atoms with Crippen LogP contribution in [-0.4, -0.2) is 14.4 Å². The van der Waals surface area contributed by atoms with Gasteiger partial charge in [0.1, 0.15) is 16.2 Å². The van der Waals surface area contributed by atoms with Gasteiger partial charge in [0.25, 0.3) is 0 Å². The van der Waals surface area contributed by atoms with Gasteiger partial charge in [0.15, 0.2) is 5.65 Å². The lowest BCUT2D eigenvalue weighted by Crippen LogP contribution is -2.04. The van der Waals surface area contributed by atoms with Crippen molar-refractivity contribution in [3.63, 3.8) is 0 Å². The second kappa shape index (κ2) is 5.16. The van der Waals surface area contributed by atoms with E-state index in [1.807, 2.05) is 4.40 Å². The number of nitrogens with one attached hydrogen (secondary N) is 1. The summed E-state index contributed by atoms with van der Waals surface area (Å²) in [6, 6.07) is 3.29. The van der Waals surface area contributed by atoms with Gasteiger partial charge < -0.3 is 5.32 Å². The minimum atomic E-state index is -0.497. The summed E-state index contributed by atoms with van der Waals surface area (Å²) in [7, 11) is 0. The Morgan fingerprint density at radius 1 is 1.20 bits per heavy atom. The van der Waals surface area contributed by atoms with Crippen LogP contribution in [0, 0.1) is 11.6 Å². The van der Waals surface area contributed by atoms with Gasteiger partial charge >= 0.3 is 0 Å². The average molecular weight is 339 g/mol. The Bertz CT molecular complexity index is 772. The molecule has 0 saturated heterocycles. The van der Waals surface area contributed by atoms with Gasteiger partial charge in [-0.15, -0.1) is 0 Å². The Morgan fingerprint density at radius 3 is 2.90 bits per heavy atom. The molecule has 0 saturated carbocycles. The molecule has 0 spiro atoms. The van der Waals surface area contributed by atoms with Gasteiger partial charge in [0, 0.05) is 6.20 Å². The zero-order valence-corrected chi connectivity index (χ0v) is 11.7. The van der Waals surface area contributed by atoms with Crippen LogP contribution in [-0.2, 0) is 6.54 Å². The largest absolute Gasteiger partial charge is 0.377 e. The summed E-state index contributed by atoms with van der Waals surface area (Å²) in [6.07, 6.45) is 5.05. The number of hydrogen-bond acceptors (Lipinski definition) is 3. The minimum absolute atomic E-state index is 0.119. The Kier molecular flexibility index (Phi) is 3.35. The van der Waals surface area contributed by atoms with Gasteiger partial charge in [-0.25, -0.2) is 18.7 Å². The van der Waals surface area contributed by atoms with E-state index in [9.17, 15) is 8.78 Å². The van der Waals surface area contributed by atoms with Crippen LogP contribution in [0.15, 0.2) is 41.4 Å². The average Bonchev–Trinajstić information content (AvgIpc) is 2.82. The molecule has 0 bridgehead atoms. The fraction of sp³-hybridized carbons (Fsp3) is 0.0769. The molecule has 0 radical (unpaired) electrons. The van der Waals surface area contributed by atoms with E-state index in [1.165, 1.54) is 0 Å². The summed E-state index contributed by atoms with van der Waals surface area (Å²) >= 11 is 3.28. The molecular weight excluding hydrogens is 330 g/mol. The molecule has 2 heterocycles. The van der Waals surface area contributed by atoms with Crippen LogP contribution in [0.5, 0.6) is 0 Å². The van der Waals surface area contributed by atoms with E-state index in [0.29, 0.717) is 16.8 Å². The summed E-state index contributed by atoms with van der Waals surface area (Å²) in [5, 5.41) is 2.86. The van der Waals surface area contributed by atoms with Gasteiger partial charge in [0.2, 0.25) is 0 Å². The highest BCUT2D eigenvalue weighted by Gasteiger charge is 2.07. The van der Waals surface area contributed by atoms with Crippen molar-refractivity contribution in [2.45, 2.75) is 6.54 Å². The monoisotopic (exact) mass is 338 g/mol. The molecule has 0 unspecified atom stereocenters. The molecule has 0 amide bonds. The predicted octanol–water partition coefficient (Wildman–Crippen LogP) is 3.38. The molecule has 0 fully saturated rings. The first-order valence-corrected chi connectivity index (χ1v) is 6.59. The lowest BCUT2D eigenvalue weighted by atomic mass is 10.3. The standard InChI is InChI=1S/C13H9BrF2N4/c14-12-7-20-9(5-19-13(20)6-18-12)4-17-11-3-8(15)1-2-10(11)16/h1-3,5-7,17H,4H2. The quantitative estimate of drug-likeness (QED) is 0.796. The van der Waals surface area contributed by atoms with Gasteiger partial charge in [-0.05, 0) is 34.1 Å². The van der Waals surface area contributed by atoms with E-state index >= 15 is 0 Å². The number of halogens is 3. The second-order valence-electron chi connectivity index (χ2n) is 4.17. The van der Waals surface area contributed by atoms with Crippen molar-refractivity contribution < 1.29 is 8.78 Å². The molecule has 1 N–H and O–H groups in total. The third-order valence-corrected chi connectivity index (χ3v) is 3.24. The highest BCUT2D eigenvalue weighted by atomic mass is 79.9. The van der Waals surface area contributed by atoms with E-state index in [0.717, 1.165) is 23.9 Å². The normalized spacial score (nSPS) is 10.9. The summed E-state index contributed by atoms with van der Waals surface area (Å²) in [5.41, 5.74) is 1.62. The maximum Gasteiger partial charge on any atom is 0.155 e. The molecule has 0 atom stereocenters. The zero-order valence-electron chi connectivity index (χ0n) is 10.1. The Hall–Kier alpha value is -2.02. The smallest absolute Gasteiger partial charge is 0.155 e. The lowest BCUT2D eigenvalue weighted by Gasteiger charge is -2.07. The molecular formula is C13H9BrF2N4. The number of aromatic nitrogens is 3. The van der Waals surface area contributed by atoms with Crippen LogP contribution in [0.2, 0.25) is 0 Å². The SMILES string of the molecule is Fc1ccc(F)c(NCc2cnc3cnc(Br)cn23)c1. The van der Waals surface area contributed by atoms with Gasteiger partial charge in [0.05, 0.1) is 30.3 Å². The first-order chi connectivity index (χ1) is 9.63. The third kappa shape index (κ3) is 2.49. The van der Waals surface area contributed by atoms with Gasteiger partial charge in [-0.2, -0.15) is 0 Å². The lowest BCUT2D eigenvalue weighted by molar-refractivity contribution is 0.602. The fourth-order valence-corrected chi connectivity index (χ4v) is 2.17. The highest BCUT2D eigenvalue weighted by Crippen LogP contribution is 2.17. The van der Waals surface area contributed by atoms with Crippen LogP contribution in [0.4, 0.5) is 14.5 Å². The number of benzene rings is 1. The van der Waals surface area contributed by atoms with Crippen LogP contribution in [0.25, 0.3) is 5.65 Å². The molecule has 3 aromatic rings. The predicted molar refractivity (Wildman–Crippen MR) is 74.4 cm³/mol. The number of hydrogen-bond donors (Lipinski definition) is 1. The first-order valence-electron chi connectivity index (χ1n) is 5.80. The summed E-state index contributed by atoms with van der Waals surface area (Å²) in [4.78, 5) is 8.25. The summed E-state index contributed by atoms with van der Waals surface area (Å²) < 4.78 is 29.1. The van der Waals surface area contributed by atoms with Crippen molar-refractivity contribution in [3.05, 3.63) is 58.7 Å². The number of fused-ring (bicyclic) bond motifs is 1. The van der Waals surface area contributed by atoms with Crippen LogP contribution < -0.4 is 5.32 Å². The molecule has 0 aliphatic heterocycles. The topological polar surface area (TPSA) is 42.2 Å². The van der Waals surface area contributed by atoms with Crippen molar-refractivity contribution >= 4 is 27.3 Å². The molecule has 20 heavy (non-hydrogen) atoms. The second-order valence-corrected chi connectivity index (χ2v) is 4.98. The van der Waals surface area contributed by atoms with Crippen molar-refractivity contribution in [3.8, 4) is 0 Å². The van der Waals surface area contributed by atoms with Crippen molar-refractivity contribution in [2.24, 2.45) is 0 Å². The van der Waals surface area contributed by atoms with E-state index in [1.54, 1.807) is 18.6 Å². The maximum atomic E-state index is 13.5. The van der Waals surface area contributed by atoms with Gasteiger partial charge in [-0.1, -0.05) is 0 Å². The Morgan fingerprint density at radius 2 is 2.05 bits per heavy atom. The maximum absolute atomic E-state index is 13.5. The van der Waals surface area contributed by atoms with Crippen LogP contribution in [0.3, 0.4) is 0 Å². The molecule has 102 valence electrons. The van der Waals surface area contributed by atoms with Crippen LogP contribution >= 0.6 is 15.9 Å². The number of rotatable bonds is 3. The van der Waals surface area contributed by atoms with E-state index in [2.05, 4.69) is 31.2 Å². The molecule has 4 nitrogen and oxygen atoms in total. The molecule has 0 aliphatic carbocycles. The Balaban J connectivity index is 1.86. The number of imidazole rings is 1. The zero-order chi connectivity index (χ0) is 14.1. The highest BCUT2D eigenvalue weighted by molar-refractivity contribution is 9.10. The number of anilines is 1. The summed E-state index contributed by atoms with van der Waals surface area (Å²) in [5.74, 6) is -0.984. The molecule has 3 rings (SSSR count). The van der Waals surface area contributed by atoms with E-state index in [-0.39, 0.29) is 5.69 Å². The van der Waals surface area contributed by atoms with Gasteiger partial charge in [-0.3, -0.25) is 4.40 Å². The molecule has 1 aromatic carbocycles. The molecule has 0 aliphatic rings. The van der Waals surface area contributed by atoms with E-state index < -0.39 is 11.6 Å².